The number of hydrogen-bond acceptors (Lipinski definition) is 7. The smallest absolute Gasteiger partial charge is 0.240 e. The molecule has 2 aromatic rings. The fraction of sp³-hybridized carbons (Fsp3) is 0.583. The molecular formula is C24H28N8O2. The number of amides is 2. The fourth-order valence-electron chi connectivity index (χ4n) is 6.33. The Bertz CT molecular complexity index is 1140. The van der Waals surface area contributed by atoms with Crippen molar-refractivity contribution < 1.29 is 9.59 Å². The van der Waals surface area contributed by atoms with Gasteiger partial charge in [0.1, 0.15) is 6.04 Å². The minimum Gasteiger partial charge on any atom is -0.330 e. The van der Waals surface area contributed by atoms with Crippen molar-refractivity contribution in [2.75, 3.05) is 13.1 Å². The van der Waals surface area contributed by atoms with Gasteiger partial charge >= 0.3 is 0 Å². The molecule has 1 aromatic heterocycles. The number of nitrogens with one attached hydrogen (secondary N) is 1. The Hall–Kier alpha value is -3.32. The number of piperidine rings is 1. The number of aromatic amines is 1. The van der Waals surface area contributed by atoms with Crippen molar-refractivity contribution in [2.24, 2.45) is 11.8 Å². The summed E-state index contributed by atoms with van der Waals surface area (Å²) in [5.74, 6) is 1.05. The van der Waals surface area contributed by atoms with E-state index in [0.717, 1.165) is 36.9 Å². The van der Waals surface area contributed by atoms with Gasteiger partial charge in [-0.3, -0.25) is 14.5 Å². The van der Waals surface area contributed by atoms with Gasteiger partial charge in [-0.15, -0.1) is 10.2 Å². The van der Waals surface area contributed by atoms with Gasteiger partial charge in [-0.2, -0.15) is 10.5 Å². The van der Waals surface area contributed by atoms with Crippen molar-refractivity contribution in [3.63, 3.8) is 0 Å². The highest BCUT2D eigenvalue weighted by atomic mass is 16.2. The first-order valence-corrected chi connectivity index (χ1v) is 12.1. The van der Waals surface area contributed by atoms with Crippen molar-refractivity contribution in [2.45, 2.75) is 63.3 Å². The van der Waals surface area contributed by atoms with E-state index in [1.165, 1.54) is 0 Å². The van der Waals surface area contributed by atoms with Gasteiger partial charge in [0.15, 0.2) is 0 Å². The molecule has 1 aromatic carbocycles. The number of carbonyl (C=O) groups excluding carboxylic acids is 2. The van der Waals surface area contributed by atoms with Crippen molar-refractivity contribution in [3.05, 3.63) is 29.8 Å². The molecule has 4 fully saturated rings. The highest BCUT2D eigenvalue weighted by Crippen LogP contribution is 2.48. The summed E-state index contributed by atoms with van der Waals surface area (Å²) >= 11 is 0. The summed E-state index contributed by atoms with van der Waals surface area (Å²) in [5.41, 5.74) is 1.94. The summed E-state index contributed by atoms with van der Waals surface area (Å²) in [7, 11) is 0. The van der Waals surface area contributed by atoms with Crippen LogP contribution in [0.4, 0.5) is 0 Å². The molecule has 0 spiro atoms. The summed E-state index contributed by atoms with van der Waals surface area (Å²) in [6.45, 7) is 5.36. The molecule has 7 atom stereocenters. The van der Waals surface area contributed by atoms with E-state index in [0.29, 0.717) is 18.3 Å². The lowest BCUT2D eigenvalue weighted by molar-refractivity contribution is -0.142. The largest absolute Gasteiger partial charge is 0.330 e. The fourth-order valence-corrected chi connectivity index (χ4v) is 6.33. The van der Waals surface area contributed by atoms with Gasteiger partial charge < -0.3 is 9.80 Å². The average molecular weight is 461 g/mol. The molecule has 2 bridgehead atoms. The van der Waals surface area contributed by atoms with E-state index < -0.39 is 0 Å². The quantitative estimate of drug-likeness (QED) is 0.691. The predicted octanol–water partition coefficient (Wildman–Crippen LogP) is 1.36. The van der Waals surface area contributed by atoms with Crippen LogP contribution in [0.15, 0.2) is 24.3 Å². The van der Waals surface area contributed by atoms with Crippen LogP contribution >= 0.6 is 0 Å². The summed E-state index contributed by atoms with van der Waals surface area (Å²) in [6.07, 6.45) is 2.65. The first kappa shape index (κ1) is 21.2. The molecule has 176 valence electrons. The lowest BCUT2D eigenvalue weighted by atomic mass is 10.0. The summed E-state index contributed by atoms with van der Waals surface area (Å²) in [6, 6.07) is 10.2. The average Bonchev–Trinajstić information content (AvgIpc) is 3.28. The minimum atomic E-state index is -0.279. The second-order valence-corrected chi connectivity index (χ2v) is 10.2. The van der Waals surface area contributed by atoms with Crippen LogP contribution in [0.1, 0.15) is 44.7 Å². The third-order valence-corrected chi connectivity index (χ3v) is 8.17. The molecule has 3 saturated heterocycles. The maximum atomic E-state index is 13.3. The van der Waals surface area contributed by atoms with E-state index >= 15 is 0 Å². The number of carbonyl (C=O) groups is 2. The van der Waals surface area contributed by atoms with Gasteiger partial charge in [-0.05, 0) is 42.9 Å². The van der Waals surface area contributed by atoms with Gasteiger partial charge in [-0.25, -0.2) is 0 Å². The Morgan fingerprint density at radius 2 is 2.03 bits per heavy atom. The Labute approximate surface area is 197 Å². The second kappa shape index (κ2) is 7.87. The van der Waals surface area contributed by atoms with Crippen LogP contribution in [0.2, 0.25) is 0 Å². The number of nitriles is 1. The molecule has 4 aliphatic rings. The van der Waals surface area contributed by atoms with Gasteiger partial charge in [0.25, 0.3) is 0 Å². The van der Waals surface area contributed by atoms with E-state index in [2.05, 4.69) is 38.5 Å². The first-order chi connectivity index (χ1) is 16.5. The van der Waals surface area contributed by atoms with E-state index in [4.69, 9.17) is 0 Å². The predicted molar refractivity (Wildman–Crippen MR) is 121 cm³/mol. The first-order valence-electron chi connectivity index (χ1n) is 12.1. The molecule has 1 aliphatic carbocycles. The zero-order chi connectivity index (χ0) is 23.6. The molecule has 3 aliphatic heterocycles. The zero-order valence-electron chi connectivity index (χ0n) is 19.3. The number of tetrazole rings is 1. The molecule has 6 rings (SSSR count). The summed E-state index contributed by atoms with van der Waals surface area (Å²) in [4.78, 5) is 32.5. The molecule has 34 heavy (non-hydrogen) atoms. The summed E-state index contributed by atoms with van der Waals surface area (Å²) < 4.78 is 0. The molecule has 1 unspecified atom stereocenters. The molecule has 1 N–H and O–H groups in total. The number of piperazine rings is 1. The molecule has 10 heteroatoms. The number of hydrogen-bond donors (Lipinski definition) is 1. The van der Waals surface area contributed by atoms with Gasteiger partial charge in [0.2, 0.25) is 17.6 Å². The highest BCUT2D eigenvalue weighted by molar-refractivity contribution is 5.86. The van der Waals surface area contributed by atoms with Crippen molar-refractivity contribution >= 4 is 11.8 Å². The van der Waals surface area contributed by atoms with Crippen LogP contribution < -0.4 is 0 Å². The number of rotatable bonds is 6. The minimum absolute atomic E-state index is 0.0317. The molecular weight excluding hydrogens is 432 g/mol. The van der Waals surface area contributed by atoms with Crippen LogP contribution in [-0.4, -0.2) is 84.4 Å². The normalized spacial score (nSPS) is 31.4. The maximum Gasteiger partial charge on any atom is 0.240 e. The Morgan fingerprint density at radius 3 is 2.71 bits per heavy atom. The Balaban J connectivity index is 1.10. The van der Waals surface area contributed by atoms with E-state index in [-0.39, 0.29) is 47.9 Å². The van der Waals surface area contributed by atoms with Crippen LogP contribution in [0.5, 0.6) is 0 Å². The maximum absolute atomic E-state index is 13.3. The van der Waals surface area contributed by atoms with E-state index in [1.54, 1.807) is 0 Å². The Kier molecular flexibility index (Phi) is 4.92. The van der Waals surface area contributed by atoms with Crippen molar-refractivity contribution in [1.82, 2.24) is 35.3 Å². The lowest BCUT2D eigenvalue weighted by Crippen LogP contribution is -2.53. The van der Waals surface area contributed by atoms with E-state index in [9.17, 15) is 14.9 Å². The standard InChI is InChI=1S/C24H28N8O2/c1-13(23(33)32-18(10-25)7-17-8-20(17)32)11-30-12-19-9-21(30)24(34)31(19)14(2)15-3-5-16(6-4-15)22-26-28-29-27-22/h3-6,13-14,17-21H,7-9,11-12H2,1-2H3,(H,26,27,28,29)/t13-,14+,17+,18-,19+,20?,21+/m0/s1. The van der Waals surface area contributed by atoms with Gasteiger partial charge in [0, 0.05) is 36.7 Å². The van der Waals surface area contributed by atoms with Crippen molar-refractivity contribution in [3.8, 4) is 17.5 Å². The monoisotopic (exact) mass is 460 g/mol. The van der Waals surface area contributed by atoms with Gasteiger partial charge in [0.05, 0.1) is 18.2 Å². The van der Waals surface area contributed by atoms with Crippen LogP contribution in [0.3, 0.4) is 0 Å². The number of fused-ring (bicyclic) bond motifs is 3. The van der Waals surface area contributed by atoms with Crippen LogP contribution in [0.25, 0.3) is 11.4 Å². The molecule has 2 amide bonds. The number of likely N-dealkylation sites (tertiary alicyclic amines) is 3. The van der Waals surface area contributed by atoms with Gasteiger partial charge in [-0.1, -0.05) is 31.2 Å². The third kappa shape index (κ3) is 3.29. The summed E-state index contributed by atoms with van der Waals surface area (Å²) in [5, 5.41) is 23.5. The number of benzene rings is 1. The van der Waals surface area contributed by atoms with Crippen molar-refractivity contribution in [1.29, 1.82) is 5.26 Å². The van der Waals surface area contributed by atoms with Crippen LogP contribution in [0, 0.1) is 23.2 Å². The molecule has 4 heterocycles. The number of nitrogens with zero attached hydrogens (tertiary/aromatic N) is 7. The molecule has 10 nitrogen and oxygen atoms in total. The number of aromatic nitrogens is 4. The van der Waals surface area contributed by atoms with E-state index in [1.807, 2.05) is 41.0 Å². The molecule has 0 radical (unpaired) electrons. The SMILES string of the molecule is C[C@H](c1ccc(-c2nn[nH]n2)cc1)N1C(=O)[C@H]2C[C@@H]1CN2C[C@H](C)C(=O)N1C2C[C@H]2C[C@H]1C#N. The topological polar surface area (TPSA) is 122 Å². The third-order valence-electron chi connectivity index (χ3n) is 8.17. The molecule has 1 saturated carbocycles. The Morgan fingerprint density at radius 1 is 1.24 bits per heavy atom. The lowest BCUT2D eigenvalue weighted by Gasteiger charge is -2.38. The van der Waals surface area contributed by atoms with Crippen LogP contribution in [-0.2, 0) is 9.59 Å². The number of H-pyrrole nitrogens is 1. The zero-order valence-corrected chi connectivity index (χ0v) is 19.3. The highest BCUT2D eigenvalue weighted by Gasteiger charge is 2.55. The second-order valence-electron chi connectivity index (χ2n) is 10.2.